The molecule has 24 heavy (non-hydrogen) atoms. The lowest BCUT2D eigenvalue weighted by atomic mass is 9.79. The van der Waals surface area contributed by atoms with Crippen molar-refractivity contribution >= 4 is 18.3 Å². The summed E-state index contributed by atoms with van der Waals surface area (Å²) in [5, 5.41) is 16.2. The second kappa shape index (κ2) is 5.97. The van der Waals surface area contributed by atoms with Crippen molar-refractivity contribution in [2.24, 2.45) is 0 Å². The number of nitrogens with zero attached hydrogens (tertiary/aromatic N) is 2. The van der Waals surface area contributed by atoms with Crippen LogP contribution in [0.3, 0.4) is 0 Å². The molecule has 0 amide bonds. The minimum Gasteiger partial charge on any atom is -0.399 e. The third-order valence-corrected chi connectivity index (χ3v) is 4.63. The second-order valence-electron chi connectivity index (χ2n) is 6.84. The molecule has 6 nitrogen and oxygen atoms in total. The van der Waals surface area contributed by atoms with Crippen LogP contribution in [0.15, 0.2) is 41.1 Å². The molecule has 7 heteroatoms. The van der Waals surface area contributed by atoms with Gasteiger partial charge in [0.1, 0.15) is 12.0 Å². The molecule has 0 bridgehead atoms. The first-order chi connectivity index (χ1) is 11.3. The van der Waals surface area contributed by atoms with Gasteiger partial charge in [-0.15, -0.1) is 0 Å². The van der Waals surface area contributed by atoms with Crippen LogP contribution in [0.2, 0.25) is 0 Å². The molecule has 1 unspecified atom stereocenters. The van der Waals surface area contributed by atoms with Gasteiger partial charge in [-0.05, 0) is 45.3 Å². The van der Waals surface area contributed by atoms with Crippen LogP contribution in [0.1, 0.15) is 39.4 Å². The van der Waals surface area contributed by atoms with Crippen LogP contribution in [0.4, 0.5) is 5.69 Å². The summed E-state index contributed by atoms with van der Waals surface area (Å²) in [6.45, 7) is 8.10. The van der Waals surface area contributed by atoms with Gasteiger partial charge >= 0.3 is 7.12 Å². The van der Waals surface area contributed by atoms with Gasteiger partial charge < -0.3 is 19.1 Å². The zero-order valence-electron chi connectivity index (χ0n) is 14.2. The lowest BCUT2D eigenvalue weighted by Gasteiger charge is -2.32. The number of nitrogens with one attached hydrogen (secondary N) is 1. The molecule has 2 heterocycles. The molecule has 124 valence electrons. The second-order valence-corrected chi connectivity index (χ2v) is 6.84. The highest BCUT2D eigenvalue weighted by molar-refractivity contribution is 6.62. The van der Waals surface area contributed by atoms with E-state index in [4.69, 9.17) is 13.8 Å². The number of rotatable bonds is 4. The van der Waals surface area contributed by atoms with Gasteiger partial charge in [-0.2, -0.15) is 5.26 Å². The quantitative estimate of drug-likeness (QED) is 0.871. The normalized spacial score (nSPS) is 19.7. The maximum atomic E-state index is 9.27. The lowest BCUT2D eigenvalue weighted by Crippen LogP contribution is -2.41. The molecule has 0 spiro atoms. The van der Waals surface area contributed by atoms with Gasteiger partial charge in [0.2, 0.25) is 0 Å². The van der Waals surface area contributed by atoms with Crippen molar-refractivity contribution in [3.63, 3.8) is 0 Å². The van der Waals surface area contributed by atoms with Gasteiger partial charge in [0.05, 0.1) is 17.3 Å². The summed E-state index contributed by atoms with van der Waals surface area (Å²) < 4.78 is 16.9. The fourth-order valence-corrected chi connectivity index (χ4v) is 2.43. The zero-order valence-corrected chi connectivity index (χ0v) is 14.2. The molecule has 0 aliphatic carbocycles. The zero-order chi connectivity index (χ0) is 17.4. The van der Waals surface area contributed by atoms with E-state index in [-0.39, 0.29) is 11.2 Å². The Morgan fingerprint density at radius 3 is 2.21 bits per heavy atom. The predicted molar refractivity (Wildman–Crippen MR) is 90.6 cm³/mol. The van der Waals surface area contributed by atoms with E-state index >= 15 is 0 Å². The van der Waals surface area contributed by atoms with Gasteiger partial charge in [-0.3, -0.25) is 0 Å². The molecular weight excluding hydrogens is 305 g/mol. The van der Waals surface area contributed by atoms with E-state index in [1.54, 1.807) is 6.07 Å². The molecule has 1 N–H and O–H groups in total. The van der Waals surface area contributed by atoms with E-state index in [1.165, 1.54) is 6.26 Å². The van der Waals surface area contributed by atoms with Crippen LogP contribution in [-0.2, 0) is 9.31 Å². The molecule has 0 saturated carbocycles. The van der Waals surface area contributed by atoms with E-state index in [2.05, 4.69) is 16.5 Å². The molecule has 1 aliphatic heterocycles. The standard InChI is InChI=1S/C17H20BN3O3/c1-16(2)17(3,4)24-18(23-16)12-5-7-13(8-6-12)20-15(11-19)14-9-10-22-21-14/h5-10,15,20H,1-4H3. The number of benzene rings is 1. The van der Waals surface area contributed by atoms with Crippen molar-refractivity contribution in [3.8, 4) is 6.07 Å². The molecule has 1 aromatic carbocycles. The first kappa shape index (κ1) is 16.6. The summed E-state index contributed by atoms with van der Waals surface area (Å²) in [7, 11) is -0.397. The van der Waals surface area contributed by atoms with E-state index < -0.39 is 13.2 Å². The topological polar surface area (TPSA) is 80.3 Å². The smallest absolute Gasteiger partial charge is 0.399 e. The molecule has 0 radical (unpaired) electrons. The molecule has 1 atom stereocenters. The van der Waals surface area contributed by atoms with Crippen LogP contribution in [0.25, 0.3) is 0 Å². The lowest BCUT2D eigenvalue weighted by molar-refractivity contribution is 0.00578. The van der Waals surface area contributed by atoms with Gasteiger partial charge in [0, 0.05) is 11.8 Å². The third kappa shape index (κ3) is 3.03. The highest BCUT2D eigenvalue weighted by Crippen LogP contribution is 2.36. The van der Waals surface area contributed by atoms with Crippen molar-refractivity contribution < 1.29 is 13.8 Å². The van der Waals surface area contributed by atoms with Crippen LogP contribution in [0, 0.1) is 11.3 Å². The fraction of sp³-hybridized carbons (Fsp3) is 0.412. The van der Waals surface area contributed by atoms with Crippen LogP contribution in [-0.4, -0.2) is 23.5 Å². The Morgan fingerprint density at radius 1 is 1.08 bits per heavy atom. The summed E-state index contributed by atoms with van der Waals surface area (Å²) in [5.74, 6) is 0. The molecular formula is C17H20BN3O3. The first-order valence-electron chi connectivity index (χ1n) is 7.84. The van der Waals surface area contributed by atoms with Gasteiger partial charge in [0.25, 0.3) is 0 Å². The third-order valence-electron chi connectivity index (χ3n) is 4.63. The van der Waals surface area contributed by atoms with Crippen molar-refractivity contribution in [3.05, 3.63) is 42.3 Å². The van der Waals surface area contributed by atoms with Crippen molar-refractivity contribution in [1.82, 2.24) is 5.16 Å². The number of hydrogen-bond donors (Lipinski definition) is 1. The van der Waals surface area contributed by atoms with E-state index in [1.807, 2.05) is 52.0 Å². The van der Waals surface area contributed by atoms with Crippen LogP contribution < -0.4 is 10.8 Å². The minimum absolute atomic E-state index is 0.368. The summed E-state index contributed by atoms with van der Waals surface area (Å²) in [6.07, 6.45) is 1.45. The summed E-state index contributed by atoms with van der Waals surface area (Å²) in [6, 6.07) is 10.9. The monoisotopic (exact) mass is 325 g/mol. The Bertz CT molecular complexity index is 719. The molecule has 1 saturated heterocycles. The first-order valence-corrected chi connectivity index (χ1v) is 7.84. The number of hydrogen-bond acceptors (Lipinski definition) is 6. The van der Waals surface area contributed by atoms with Crippen LogP contribution >= 0.6 is 0 Å². The van der Waals surface area contributed by atoms with Crippen molar-refractivity contribution in [1.29, 1.82) is 5.26 Å². The molecule has 3 rings (SSSR count). The Hall–Kier alpha value is -2.30. The molecule has 1 fully saturated rings. The Labute approximate surface area is 141 Å². The van der Waals surface area contributed by atoms with Crippen LogP contribution in [0.5, 0.6) is 0 Å². The highest BCUT2D eigenvalue weighted by Gasteiger charge is 2.51. The van der Waals surface area contributed by atoms with Gasteiger partial charge in [-0.25, -0.2) is 0 Å². The fourth-order valence-electron chi connectivity index (χ4n) is 2.43. The molecule has 1 aromatic heterocycles. The average molecular weight is 325 g/mol. The molecule has 1 aliphatic rings. The van der Waals surface area contributed by atoms with E-state index in [0.717, 1.165) is 11.2 Å². The van der Waals surface area contributed by atoms with E-state index in [0.29, 0.717) is 5.69 Å². The highest BCUT2D eigenvalue weighted by atomic mass is 16.7. The van der Waals surface area contributed by atoms with E-state index in [9.17, 15) is 5.26 Å². The Kier molecular flexibility index (Phi) is 4.12. The van der Waals surface area contributed by atoms with Gasteiger partial charge in [0.15, 0.2) is 6.04 Å². The SMILES string of the molecule is CC1(C)OB(c2ccc(NC(C#N)c3ccon3)cc2)OC1(C)C. The minimum atomic E-state index is -0.563. The summed E-state index contributed by atoms with van der Waals surface area (Å²) >= 11 is 0. The van der Waals surface area contributed by atoms with Crippen molar-refractivity contribution in [2.45, 2.75) is 44.9 Å². The number of nitriles is 1. The van der Waals surface area contributed by atoms with Crippen molar-refractivity contribution in [2.75, 3.05) is 5.32 Å². The largest absolute Gasteiger partial charge is 0.494 e. The Balaban J connectivity index is 1.72. The molecule has 2 aromatic rings. The maximum absolute atomic E-state index is 9.27. The Morgan fingerprint density at radius 2 is 1.71 bits per heavy atom. The maximum Gasteiger partial charge on any atom is 0.494 e. The van der Waals surface area contributed by atoms with Gasteiger partial charge in [-0.1, -0.05) is 17.3 Å². The summed E-state index contributed by atoms with van der Waals surface area (Å²) in [5.41, 5.74) is 1.56. The number of anilines is 1. The number of aromatic nitrogens is 1. The predicted octanol–water partition coefficient (Wildman–Crippen LogP) is 2.65. The average Bonchev–Trinajstić information content (AvgIpc) is 3.12. The summed E-state index contributed by atoms with van der Waals surface area (Å²) in [4.78, 5) is 0.